The lowest BCUT2D eigenvalue weighted by molar-refractivity contribution is -0.577. The molecule has 5 fully saturated rings. The summed E-state index contributed by atoms with van der Waals surface area (Å²) in [5, 5.41) is 0. The highest BCUT2D eigenvalue weighted by Crippen LogP contribution is 2.60. The van der Waals surface area contributed by atoms with Crippen molar-refractivity contribution in [3.05, 3.63) is 0 Å². The topological polar surface area (TPSA) is 46.2 Å². The van der Waals surface area contributed by atoms with E-state index in [0.717, 1.165) is 19.3 Å². The van der Waals surface area contributed by atoms with Crippen molar-refractivity contribution in [1.29, 1.82) is 0 Å². The van der Waals surface area contributed by atoms with Gasteiger partial charge in [-0.15, -0.1) is 0 Å². The maximum atomic E-state index is 6.21. The zero-order valence-corrected chi connectivity index (χ0v) is 13.3. The third-order valence-electron chi connectivity index (χ3n) is 6.33. The summed E-state index contributed by atoms with van der Waals surface area (Å²) in [5.74, 6) is 0.953. The van der Waals surface area contributed by atoms with Crippen LogP contribution in [0.25, 0.3) is 0 Å². The van der Waals surface area contributed by atoms with Crippen LogP contribution >= 0.6 is 0 Å². The van der Waals surface area contributed by atoms with Gasteiger partial charge < -0.3 is 14.2 Å². The van der Waals surface area contributed by atoms with Crippen molar-refractivity contribution in [2.24, 2.45) is 23.7 Å². The highest BCUT2D eigenvalue weighted by atomic mass is 17.3. The molecule has 0 amide bonds. The lowest BCUT2D eigenvalue weighted by atomic mass is 9.58. The molecule has 2 bridgehead atoms. The highest BCUT2D eigenvalue weighted by molar-refractivity contribution is 5.08. The van der Waals surface area contributed by atoms with Gasteiger partial charge in [0.25, 0.3) is 0 Å². The molecule has 21 heavy (non-hydrogen) atoms. The van der Waals surface area contributed by atoms with Crippen molar-refractivity contribution in [1.82, 2.24) is 0 Å². The fourth-order valence-electron chi connectivity index (χ4n) is 5.14. The largest absolute Gasteiger partial charge is 0.355 e. The summed E-state index contributed by atoms with van der Waals surface area (Å²) in [6, 6.07) is 0. The number of fused-ring (bicyclic) bond motifs is 2. The monoisotopic (exact) mass is 298 g/mol. The summed E-state index contributed by atoms with van der Waals surface area (Å²) in [5.41, 5.74) is -0.470. The minimum Gasteiger partial charge on any atom is -0.355 e. The van der Waals surface area contributed by atoms with E-state index in [9.17, 15) is 0 Å². The van der Waals surface area contributed by atoms with Crippen molar-refractivity contribution >= 4 is 0 Å². The predicted octanol–water partition coefficient (Wildman–Crippen LogP) is 2.84. The molecule has 0 unspecified atom stereocenters. The van der Waals surface area contributed by atoms with Gasteiger partial charge >= 0.3 is 0 Å². The van der Waals surface area contributed by atoms with Crippen LogP contribution < -0.4 is 0 Å². The van der Waals surface area contributed by atoms with Gasteiger partial charge in [-0.25, -0.2) is 9.78 Å². The van der Waals surface area contributed by atoms with Gasteiger partial charge in [-0.2, -0.15) is 0 Å². The first-order chi connectivity index (χ1) is 10.00. The Bertz CT molecular complexity index is 429. The molecule has 4 aliphatic heterocycles. The van der Waals surface area contributed by atoms with E-state index in [0.29, 0.717) is 17.8 Å². The molecule has 0 aromatic rings. The zero-order valence-electron chi connectivity index (χ0n) is 13.3. The molecule has 5 rings (SSSR count). The van der Waals surface area contributed by atoms with E-state index in [-0.39, 0.29) is 12.2 Å². The van der Waals surface area contributed by atoms with Crippen LogP contribution in [0, 0.1) is 23.7 Å². The second-order valence-electron chi connectivity index (χ2n) is 7.51. The number of ether oxygens (including phenoxy) is 3. The number of rotatable bonds is 1. The van der Waals surface area contributed by atoms with Gasteiger partial charge in [-0.05, 0) is 38.0 Å². The minimum absolute atomic E-state index is 0.230. The Morgan fingerprint density at radius 2 is 1.86 bits per heavy atom. The highest BCUT2D eigenvalue weighted by Gasteiger charge is 2.69. The van der Waals surface area contributed by atoms with Crippen molar-refractivity contribution in [2.45, 2.75) is 70.4 Å². The second-order valence-corrected chi connectivity index (χ2v) is 7.51. The van der Waals surface area contributed by atoms with Crippen LogP contribution in [-0.4, -0.2) is 31.1 Å². The molecule has 0 aromatic heterocycles. The second kappa shape index (κ2) is 4.65. The minimum atomic E-state index is -0.698. The maximum Gasteiger partial charge on any atom is 0.201 e. The molecule has 0 radical (unpaired) electrons. The average molecular weight is 298 g/mol. The number of hydrogen-bond donors (Lipinski definition) is 0. The smallest absolute Gasteiger partial charge is 0.201 e. The van der Waals surface area contributed by atoms with E-state index in [1.54, 1.807) is 7.11 Å². The van der Waals surface area contributed by atoms with Crippen molar-refractivity contribution in [2.75, 3.05) is 7.11 Å². The SMILES string of the molecule is CO[C@@H]1O[C@@H]2O[C@@]3(C)CC[C@H]4[C@H](C)CC[C@@H]([C@H]1C)[C@@]24OO3. The van der Waals surface area contributed by atoms with Gasteiger partial charge in [0.2, 0.25) is 5.79 Å². The van der Waals surface area contributed by atoms with E-state index in [1.807, 2.05) is 6.92 Å². The standard InChI is InChI=1S/C16H26O5/c1-9-5-6-12-10(2)13(17-4)18-14-16(12)11(9)7-8-15(3,19-14)20-21-16/h9-14H,5-8H2,1-4H3/t9-,10-,11+,12+,13-,14-,15-,16-/m1/s1. The van der Waals surface area contributed by atoms with Gasteiger partial charge in [-0.1, -0.05) is 13.8 Å². The maximum absolute atomic E-state index is 6.21. The van der Waals surface area contributed by atoms with E-state index >= 15 is 0 Å². The Labute approximate surface area is 126 Å². The first-order valence-corrected chi connectivity index (χ1v) is 8.23. The zero-order chi connectivity index (χ0) is 14.8. The van der Waals surface area contributed by atoms with Crippen LogP contribution in [0.4, 0.5) is 0 Å². The van der Waals surface area contributed by atoms with Crippen molar-refractivity contribution in [3.8, 4) is 0 Å². The van der Waals surface area contributed by atoms with Gasteiger partial charge in [0.05, 0.1) is 0 Å². The number of methoxy groups -OCH3 is 1. The van der Waals surface area contributed by atoms with Crippen LogP contribution in [0.15, 0.2) is 0 Å². The van der Waals surface area contributed by atoms with E-state index in [4.69, 9.17) is 24.0 Å². The molecule has 8 atom stereocenters. The molecule has 5 heteroatoms. The molecule has 1 spiro atoms. The van der Waals surface area contributed by atoms with E-state index in [1.165, 1.54) is 6.42 Å². The summed E-state index contributed by atoms with van der Waals surface area (Å²) in [4.78, 5) is 11.8. The molecule has 0 N–H and O–H groups in total. The van der Waals surface area contributed by atoms with Crippen LogP contribution in [0.1, 0.15) is 46.5 Å². The van der Waals surface area contributed by atoms with Gasteiger partial charge in [0, 0.05) is 25.4 Å². The Hall–Kier alpha value is -0.200. The Morgan fingerprint density at radius 1 is 1.05 bits per heavy atom. The number of hydrogen-bond acceptors (Lipinski definition) is 5. The Kier molecular flexibility index (Phi) is 3.19. The molecular formula is C16H26O5. The van der Waals surface area contributed by atoms with Crippen LogP contribution in [-0.2, 0) is 24.0 Å². The van der Waals surface area contributed by atoms with Crippen molar-refractivity contribution < 1.29 is 24.0 Å². The molecule has 1 aliphatic carbocycles. The summed E-state index contributed by atoms with van der Waals surface area (Å²) < 4.78 is 17.9. The third-order valence-corrected chi connectivity index (χ3v) is 6.33. The lowest BCUT2D eigenvalue weighted by Crippen LogP contribution is -2.70. The summed E-state index contributed by atoms with van der Waals surface area (Å²) in [6.45, 7) is 6.46. The molecule has 1 saturated carbocycles. The van der Waals surface area contributed by atoms with Gasteiger partial charge in [0.1, 0.15) is 0 Å². The van der Waals surface area contributed by atoms with Crippen LogP contribution in [0.3, 0.4) is 0 Å². The fraction of sp³-hybridized carbons (Fsp3) is 1.00. The lowest BCUT2D eigenvalue weighted by Gasteiger charge is -2.60. The van der Waals surface area contributed by atoms with Crippen molar-refractivity contribution in [3.63, 3.8) is 0 Å². The Morgan fingerprint density at radius 3 is 2.62 bits per heavy atom. The van der Waals surface area contributed by atoms with E-state index in [2.05, 4.69) is 13.8 Å². The van der Waals surface area contributed by atoms with Crippen LogP contribution in [0.2, 0.25) is 0 Å². The molecule has 4 saturated heterocycles. The molecular weight excluding hydrogens is 272 g/mol. The molecule has 120 valence electrons. The molecule has 5 aliphatic rings. The fourth-order valence-corrected chi connectivity index (χ4v) is 5.14. The average Bonchev–Trinajstić information content (AvgIpc) is 2.69. The first kappa shape index (κ1) is 14.4. The summed E-state index contributed by atoms with van der Waals surface area (Å²) >= 11 is 0. The molecule has 5 nitrogen and oxygen atoms in total. The summed E-state index contributed by atoms with van der Waals surface area (Å²) in [6.07, 6.45) is 3.64. The van der Waals surface area contributed by atoms with E-state index < -0.39 is 17.7 Å². The predicted molar refractivity (Wildman–Crippen MR) is 73.8 cm³/mol. The Balaban J connectivity index is 1.79. The van der Waals surface area contributed by atoms with Gasteiger partial charge in [0.15, 0.2) is 18.2 Å². The molecule has 4 heterocycles. The third kappa shape index (κ3) is 1.81. The van der Waals surface area contributed by atoms with Crippen LogP contribution in [0.5, 0.6) is 0 Å². The quantitative estimate of drug-likeness (QED) is 0.697. The van der Waals surface area contributed by atoms with Gasteiger partial charge in [-0.3, -0.25) is 0 Å². The normalized spacial score (nSPS) is 59.4. The molecule has 0 aromatic carbocycles. The summed E-state index contributed by atoms with van der Waals surface area (Å²) in [7, 11) is 1.70. The first-order valence-electron chi connectivity index (χ1n) is 8.23.